The summed E-state index contributed by atoms with van der Waals surface area (Å²) in [4.78, 5) is 17.4. The second-order valence-corrected chi connectivity index (χ2v) is 8.00. The number of nitrogens with one attached hydrogen (secondary N) is 1. The number of carbonyl (C=O) groups is 1. The van der Waals surface area contributed by atoms with Crippen molar-refractivity contribution in [2.45, 2.75) is 47.1 Å². The van der Waals surface area contributed by atoms with Crippen molar-refractivity contribution in [3.05, 3.63) is 29.8 Å². The maximum Gasteiger partial charge on any atom is 0.227 e. The number of fused-ring (bicyclic) bond motifs is 1. The molecule has 1 N–H and O–H groups in total. The molecule has 0 bridgehead atoms. The minimum absolute atomic E-state index is 0.247. The first-order valence-electron chi connectivity index (χ1n) is 9.78. The van der Waals surface area contributed by atoms with Gasteiger partial charge in [0.1, 0.15) is 0 Å². The highest BCUT2D eigenvalue weighted by Crippen LogP contribution is 2.23. The summed E-state index contributed by atoms with van der Waals surface area (Å²) >= 11 is 0. The molecule has 1 heterocycles. The van der Waals surface area contributed by atoms with E-state index >= 15 is 0 Å². The molecule has 140 valence electrons. The van der Waals surface area contributed by atoms with Crippen molar-refractivity contribution in [2.24, 2.45) is 11.8 Å². The number of rotatable bonds is 4. The third-order valence-corrected chi connectivity index (χ3v) is 4.57. The first-order chi connectivity index (χ1) is 12.0. The van der Waals surface area contributed by atoms with E-state index in [2.05, 4.69) is 56.1 Å². The van der Waals surface area contributed by atoms with Gasteiger partial charge in [0.15, 0.2) is 0 Å². The van der Waals surface area contributed by atoms with Crippen molar-refractivity contribution in [3.63, 3.8) is 0 Å². The second kappa shape index (κ2) is 9.93. The van der Waals surface area contributed by atoms with Crippen molar-refractivity contribution in [2.75, 3.05) is 37.6 Å². The summed E-state index contributed by atoms with van der Waals surface area (Å²) < 4.78 is 0. The van der Waals surface area contributed by atoms with Gasteiger partial charge < -0.3 is 15.1 Å². The second-order valence-electron chi connectivity index (χ2n) is 8.00. The largest absolute Gasteiger partial charge is 0.312 e. The Labute approximate surface area is 153 Å². The normalized spacial score (nSPS) is 17.4. The molecule has 0 saturated carbocycles. The fourth-order valence-electron chi connectivity index (χ4n) is 3.49. The van der Waals surface area contributed by atoms with Crippen LogP contribution in [0.25, 0.3) is 0 Å². The first-order valence-corrected chi connectivity index (χ1v) is 9.78. The van der Waals surface area contributed by atoms with Crippen LogP contribution >= 0.6 is 0 Å². The van der Waals surface area contributed by atoms with Crippen LogP contribution in [0.3, 0.4) is 0 Å². The molecule has 25 heavy (non-hydrogen) atoms. The van der Waals surface area contributed by atoms with Crippen LogP contribution in [0.1, 0.15) is 46.1 Å². The van der Waals surface area contributed by atoms with Gasteiger partial charge in [-0.25, -0.2) is 0 Å². The molecule has 0 atom stereocenters. The molecular formula is C21H35N3O. The Balaban J connectivity index is 2.19. The fourth-order valence-corrected chi connectivity index (χ4v) is 3.49. The summed E-state index contributed by atoms with van der Waals surface area (Å²) in [5.74, 6) is 1.30. The Morgan fingerprint density at radius 2 is 1.84 bits per heavy atom. The van der Waals surface area contributed by atoms with Crippen LogP contribution in [0.4, 0.5) is 5.69 Å². The van der Waals surface area contributed by atoms with E-state index in [1.807, 2.05) is 11.0 Å². The molecule has 0 saturated heterocycles. The van der Waals surface area contributed by atoms with Crippen molar-refractivity contribution in [1.82, 2.24) is 10.2 Å². The monoisotopic (exact) mass is 345 g/mol. The minimum atomic E-state index is 0.247. The maximum atomic E-state index is 12.9. The topological polar surface area (TPSA) is 35.6 Å². The summed E-state index contributed by atoms with van der Waals surface area (Å²) in [6.45, 7) is 14.6. The zero-order valence-corrected chi connectivity index (χ0v) is 16.4. The van der Waals surface area contributed by atoms with Gasteiger partial charge in [-0.15, -0.1) is 0 Å². The van der Waals surface area contributed by atoms with Crippen LogP contribution in [0.5, 0.6) is 0 Å². The highest BCUT2D eigenvalue weighted by atomic mass is 16.2. The number of nitrogens with zero attached hydrogens (tertiary/aromatic N) is 2. The lowest BCUT2D eigenvalue weighted by molar-refractivity contribution is -0.119. The highest BCUT2D eigenvalue weighted by Gasteiger charge is 2.20. The SMILES string of the molecule is CC(C)CC(=O)N1CCCN(CC(C)C)CCNCc2ccccc21. The van der Waals surface area contributed by atoms with Gasteiger partial charge in [-0.1, -0.05) is 45.9 Å². The van der Waals surface area contributed by atoms with E-state index in [0.29, 0.717) is 18.3 Å². The molecule has 4 nitrogen and oxygen atoms in total. The maximum absolute atomic E-state index is 12.9. The van der Waals surface area contributed by atoms with E-state index in [1.165, 1.54) is 5.56 Å². The Morgan fingerprint density at radius 1 is 1.08 bits per heavy atom. The van der Waals surface area contributed by atoms with Crippen LogP contribution in [0.15, 0.2) is 24.3 Å². The summed E-state index contributed by atoms with van der Waals surface area (Å²) in [6.07, 6.45) is 1.63. The average molecular weight is 346 g/mol. The van der Waals surface area contributed by atoms with Gasteiger partial charge in [0.25, 0.3) is 0 Å². The number of anilines is 1. The number of benzene rings is 1. The summed E-state index contributed by atoms with van der Waals surface area (Å²) in [7, 11) is 0. The smallest absolute Gasteiger partial charge is 0.227 e. The molecule has 0 aromatic heterocycles. The van der Waals surface area contributed by atoms with E-state index < -0.39 is 0 Å². The van der Waals surface area contributed by atoms with E-state index in [-0.39, 0.29) is 5.91 Å². The van der Waals surface area contributed by atoms with E-state index in [1.54, 1.807) is 0 Å². The number of carbonyl (C=O) groups excluding carboxylic acids is 1. The first kappa shape index (κ1) is 19.9. The van der Waals surface area contributed by atoms with Gasteiger partial charge in [-0.05, 0) is 36.4 Å². The minimum Gasteiger partial charge on any atom is -0.312 e. The number of hydrogen-bond acceptors (Lipinski definition) is 3. The van der Waals surface area contributed by atoms with Gasteiger partial charge in [-0.2, -0.15) is 0 Å². The zero-order valence-electron chi connectivity index (χ0n) is 16.4. The van der Waals surface area contributed by atoms with Crippen LogP contribution < -0.4 is 10.2 Å². The Kier molecular flexibility index (Phi) is 7.91. The van der Waals surface area contributed by atoms with Crippen LogP contribution in [-0.2, 0) is 11.3 Å². The number of hydrogen-bond donors (Lipinski definition) is 1. The van der Waals surface area contributed by atoms with Crippen LogP contribution in [-0.4, -0.2) is 43.5 Å². The van der Waals surface area contributed by atoms with Gasteiger partial charge in [0, 0.05) is 44.8 Å². The standard InChI is InChI=1S/C21H35N3O/c1-17(2)14-21(25)24-12-7-11-23(16-18(3)4)13-10-22-15-19-8-5-6-9-20(19)24/h5-6,8-9,17-18,22H,7,10-16H2,1-4H3. The lowest BCUT2D eigenvalue weighted by Crippen LogP contribution is -2.37. The molecule has 0 fully saturated rings. The molecule has 1 aliphatic rings. The lowest BCUT2D eigenvalue weighted by atomic mass is 10.1. The van der Waals surface area contributed by atoms with Crippen molar-refractivity contribution in [3.8, 4) is 0 Å². The predicted octanol–water partition coefficient (Wildman–Crippen LogP) is 3.52. The molecule has 4 heteroatoms. The Hall–Kier alpha value is -1.39. The fraction of sp³-hybridized carbons (Fsp3) is 0.667. The van der Waals surface area contributed by atoms with Gasteiger partial charge in [0.05, 0.1) is 0 Å². The number of para-hydroxylation sites is 1. The molecule has 1 aromatic carbocycles. The summed E-state index contributed by atoms with van der Waals surface area (Å²) in [6, 6.07) is 8.34. The summed E-state index contributed by atoms with van der Waals surface area (Å²) in [5, 5.41) is 3.56. The molecule has 0 unspecified atom stereocenters. The van der Waals surface area contributed by atoms with E-state index in [4.69, 9.17) is 0 Å². The van der Waals surface area contributed by atoms with E-state index in [9.17, 15) is 4.79 Å². The van der Waals surface area contributed by atoms with E-state index in [0.717, 1.165) is 51.4 Å². The summed E-state index contributed by atoms with van der Waals surface area (Å²) in [5.41, 5.74) is 2.30. The van der Waals surface area contributed by atoms with Crippen molar-refractivity contribution >= 4 is 11.6 Å². The van der Waals surface area contributed by atoms with Gasteiger partial charge in [0.2, 0.25) is 5.91 Å². The quantitative estimate of drug-likeness (QED) is 0.907. The molecule has 0 radical (unpaired) electrons. The zero-order chi connectivity index (χ0) is 18.2. The van der Waals surface area contributed by atoms with Crippen molar-refractivity contribution in [1.29, 1.82) is 0 Å². The Bertz CT molecular complexity index is 542. The predicted molar refractivity (Wildman–Crippen MR) is 106 cm³/mol. The number of amides is 1. The molecule has 0 spiro atoms. The lowest BCUT2D eigenvalue weighted by Gasteiger charge is -2.27. The molecule has 1 amide bonds. The molecule has 1 aromatic rings. The average Bonchev–Trinajstić information content (AvgIpc) is 2.57. The Morgan fingerprint density at radius 3 is 2.56 bits per heavy atom. The third kappa shape index (κ3) is 6.44. The third-order valence-electron chi connectivity index (χ3n) is 4.57. The van der Waals surface area contributed by atoms with Crippen LogP contribution in [0, 0.1) is 11.8 Å². The highest BCUT2D eigenvalue weighted by molar-refractivity contribution is 5.94. The molecule has 0 aliphatic carbocycles. The molecule has 2 rings (SSSR count). The van der Waals surface area contributed by atoms with Gasteiger partial charge >= 0.3 is 0 Å². The van der Waals surface area contributed by atoms with Crippen molar-refractivity contribution < 1.29 is 4.79 Å². The van der Waals surface area contributed by atoms with Crippen LogP contribution in [0.2, 0.25) is 0 Å². The molecular weight excluding hydrogens is 310 g/mol. The molecule has 1 aliphatic heterocycles. The van der Waals surface area contributed by atoms with Gasteiger partial charge in [-0.3, -0.25) is 4.79 Å².